The van der Waals surface area contributed by atoms with Crippen LogP contribution in [0.25, 0.3) is 16.7 Å². The molecule has 3 heterocycles. The highest BCUT2D eigenvalue weighted by Gasteiger charge is 2.29. The van der Waals surface area contributed by atoms with Crippen LogP contribution in [0.5, 0.6) is 0 Å². The van der Waals surface area contributed by atoms with Gasteiger partial charge < -0.3 is 10.2 Å². The number of sulfonamides is 1. The number of amides is 1. The minimum absolute atomic E-state index is 0.199. The number of rotatable bonds is 7. The number of nitrogens with zero attached hydrogens (tertiary/aromatic N) is 6. The van der Waals surface area contributed by atoms with Crippen LogP contribution in [0, 0.1) is 6.92 Å². The molecule has 220 valence electrons. The van der Waals surface area contributed by atoms with E-state index in [0.29, 0.717) is 50.5 Å². The van der Waals surface area contributed by atoms with Crippen molar-refractivity contribution in [3.63, 3.8) is 0 Å². The number of carbonyl (C=O) groups excluding carboxylic acids is 1. The van der Waals surface area contributed by atoms with E-state index in [2.05, 4.69) is 22.3 Å². The summed E-state index contributed by atoms with van der Waals surface area (Å²) in [6.45, 7) is 5.18. The Morgan fingerprint density at radius 2 is 1.56 bits per heavy atom. The summed E-state index contributed by atoms with van der Waals surface area (Å²) in [5.41, 5.74) is 4.11. The third-order valence-electron chi connectivity index (χ3n) is 7.50. The Hall–Kier alpha value is -4.61. The third-order valence-corrected chi connectivity index (χ3v) is 9.42. The van der Waals surface area contributed by atoms with Gasteiger partial charge in [0.15, 0.2) is 5.65 Å². The number of carbonyl (C=O) groups is 1. The van der Waals surface area contributed by atoms with Gasteiger partial charge in [0.1, 0.15) is 11.6 Å². The zero-order valence-electron chi connectivity index (χ0n) is 24.1. The Bertz CT molecular complexity index is 1860. The second-order valence-electron chi connectivity index (χ2n) is 10.6. The van der Waals surface area contributed by atoms with Gasteiger partial charge in [-0.15, -0.1) is 0 Å². The van der Waals surface area contributed by atoms with Crippen molar-refractivity contribution in [1.82, 2.24) is 24.1 Å². The maximum atomic E-state index is 13.6. The molecular formula is C32H33N7O3S. The van der Waals surface area contributed by atoms with Crippen LogP contribution in [-0.2, 0) is 21.2 Å². The molecule has 0 saturated carbocycles. The van der Waals surface area contributed by atoms with Crippen molar-refractivity contribution in [3.8, 4) is 5.69 Å². The van der Waals surface area contributed by atoms with Gasteiger partial charge in [0.25, 0.3) is 0 Å². The van der Waals surface area contributed by atoms with Crippen molar-refractivity contribution in [2.45, 2.75) is 31.6 Å². The average molecular weight is 596 g/mol. The molecule has 3 aromatic carbocycles. The number of aryl methyl sites for hydroxylation is 1. The maximum Gasteiger partial charge on any atom is 0.243 e. The van der Waals surface area contributed by atoms with Crippen LogP contribution in [-0.4, -0.2) is 64.6 Å². The molecule has 1 N–H and O–H groups in total. The SMILES string of the molecule is CC(=O)Nc1ccc(S(=O)(=O)N2CCCN(c3nc(Cc4ccccc4)nc4c3c(C)nn4-c3ccccc3)CC2)cc1. The van der Waals surface area contributed by atoms with Gasteiger partial charge in [0.05, 0.1) is 21.7 Å². The zero-order valence-corrected chi connectivity index (χ0v) is 25.0. The van der Waals surface area contributed by atoms with Crippen molar-refractivity contribution in [2.24, 2.45) is 0 Å². The molecule has 5 aromatic rings. The van der Waals surface area contributed by atoms with E-state index in [1.54, 1.807) is 12.1 Å². The van der Waals surface area contributed by atoms with Crippen LogP contribution >= 0.6 is 0 Å². The normalized spacial score (nSPS) is 14.5. The molecule has 1 saturated heterocycles. The second-order valence-corrected chi connectivity index (χ2v) is 12.5. The summed E-state index contributed by atoms with van der Waals surface area (Å²) in [5.74, 6) is 1.24. The van der Waals surface area contributed by atoms with Crippen LogP contribution in [0.2, 0.25) is 0 Å². The number of hydrogen-bond acceptors (Lipinski definition) is 7. The Morgan fingerprint density at radius 3 is 2.26 bits per heavy atom. The molecule has 43 heavy (non-hydrogen) atoms. The standard InChI is InChI=1S/C32H33N7O3S/c1-23-30-31(37-18-9-19-38(21-20-37)43(41,42)28-16-14-26(15-17-28)33-24(2)40)34-29(22-25-10-5-3-6-11-25)35-32(30)39(36-23)27-12-7-4-8-13-27/h3-8,10-17H,9,18-22H2,1-2H3,(H,33,40). The highest BCUT2D eigenvalue weighted by atomic mass is 32.2. The van der Waals surface area contributed by atoms with Gasteiger partial charge in [0.2, 0.25) is 15.9 Å². The first-order valence-corrected chi connectivity index (χ1v) is 15.7. The molecule has 0 aliphatic carbocycles. The predicted octanol–water partition coefficient (Wildman–Crippen LogP) is 4.57. The van der Waals surface area contributed by atoms with E-state index in [4.69, 9.17) is 15.1 Å². The number of para-hydroxylation sites is 1. The van der Waals surface area contributed by atoms with Crippen LogP contribution in [0.3, 0.4) is 0 Å². The monoisotopic (exact) mass is 595 g/mol. The Morgan fingerprint density at radius 1 is 0.860 bits per heavy atom. The van der Waals surface area contributed by atoms with E-state index in [-0.39, 0.29) is 10.8 Å². The molecule has 0 unspecified atom stereocenters. The van der Waals surface area contributed by atoms with E-state index in [1.165, 1.54) is 23.4 Å². The lowest BCUT2D eigenvalue weighted by Gasteiger charge is -2.24. The van der Waals surface area contributed by atoms with E-state index in [0.717, 1.165) is 33.8 Å². The lowest BCUT2D eigenvalue weighted by Crippen LogP contribution is -2.35. The third kappa shape index (κ3) is 5.99. The van der Waals surface area contributed by atoms with Crippen molar-refractivity contribution in [3.05, 3.63) is 102 Å². The number of aromatic nitrogens is 4. The molecule has 1 aliphatic heterocycles. The van der Waals surface area contributed by atoms with Crippen molar-refractivity contribution in [2.75, 3.05) is 36.4 Å². The lowest BCUT2D eigenvalue weighted by atomic mass is 10.1. The molecule has 1 fully saturated rings. The van der Waals surface area contributed by atoms with Crippen molar-refractivity contribution < 1.29 is 13.2 Å². The van der Waals surface area contributed by atoms with Gasteiger partial charge in [-0.05, 0) is 55.3 Å². The summed E-state index contributed by atoms with van der Waals surface area (Å²) in [6.07, 6.45) is 1.19. The van der Waals surface area contributed by atoms with E-state index in [1.807, 2.05) is 60.1 Å². The summed E-state index contributed by atoms with van der Waals surface area (Å²) in [7, 11) is -3.72. The minimum atomic E-state index is -3.72. The molecule has 1 aliphatic rings. The summed E-state index contributed by atoms with van der Waals surface area (Å²) in [6, 6.07) is 26.3. The zero-order chi connectivity index (χ0) is 30.0. The first-order valence-electron chi connectivity index (χ1n) is 14.3. The summed E-state index contributed by atoms with van der Waals surface area (Å²) >= 11 is 0. The van der Waals surface area contributed by atoms with Gasteiger partial charge in [-0.2, -0.15) is 9.40 Å². The molecule has 0 atom stereocenters. The Balaban J connectivity index is 1.34. The molecule has 2 aromatic heterocycles. The van der Waals surface area contributed by atoms with E-state index < -0.39 is 10.0 Å². The Kier molecular flexibility index (Phi) is 7.92. The molecule has 0 radical (unpaired) electrons. The summed E-state index contributed by atoms with van der Waals surface area (Å²) in [4.78, 5) is 23.8. The fraction of sp³-hybridized carbons (Fsp3) is 0.250. The molecule has 0 bridgehead atoms. The fourth-order valence-electron chi connectivity index (χ4n) is 5.45. The molecule has 10 nitrogen and oxygen atoms in total. The molecule has 11 heteroatoms. The van der Waals surface area contributed by atoms with Gasteiger partial charge in [-0.25, -0.2) is 23.1 Å². The minimum Gasteiger partial charge on any atom is -0.355 e. The Labute approximate surface area is 251 Å². The highest BCUT2D eigenvalue weighted by molar-refractivity contribution is 7.89. The predicted molar refractivity (Wildman–Crippen MR) is 167 cm³/mol. The first kappa shape index (κ1) is 28.5. The topological polar surface area (TPSA) is 113 Å². The summed E-state index contributed by atoms with van der Waals surface area (Å²) < 4.78 is 30.6. The van der Waals surface area contributed by atoms with Crippen molar-refractivity contribution in [1.29, 1.82) is 0 Å². The van der Waals surface area contributed by atoms with Crippen LogP contribution in [0.4, 0.5) is 11.5 Å². The molecule has 1 amide bonds. The van der Waals surface area contributed by atoms with Gasteiger partial charge >= 0.3 is 0 Å². The van der Waals surface area contributed by atoms with Crippen molar-refractivity contribution >= 4 is 38.5 Å². The largest absolute Gasteiger partial charge is 0.355 e. The van der Waals surface area contributed by atoms with Crippen LogP contribution < -0.4 is 10.2 Å². The summed E-state index contributed by atoms with van der Waals surface area (Å²) in [5, 5.41) is 8.40. The smallest absolute Gasteiger partial charge is 0.243 e. The molecule has 6 rings (SSSR count). The van der Waals surface area contributed by atoms with E-state index >= 15 is 0 Å². The number of nitrogens with one attached hydrogen (secondary N) is 1. The maximum absolute atomic E-state index is 13.6. The quantitative estimate of drug-likeness (QED) is 0.293. The highest BCUT2D eigenvalue weighted by Crippen LogP contribution is 2.31. The van der Waals surface area contributed by atoms with Gasteiger partial charge in [0, 0.05) is 45.2 Å². The van der Waals surface area contributed by atoms with Gasteiger partial charge in [-0.3, -0.25) is 4.79 Å². The molecular weight excluding hydrogens is 562 g/mol. The molecule has 0 spiro atoms. The van der Waals surface area contributed by atoms with E-state index in [9.17, 15) is 13.2 Å². The number of fused-ring (bicyclic) bond motifs is 1. The first-order chi connectivity index (χ1) is 20.8. The second kappa shape index (κ2) is 11.9. The fourth-order valence-corrected chi connectivity index (χ4v) is 6.92. The van der Waals surface area contributed by atoms with Gasteiger partial charge in [-0.1, -0.05) is 48.5 Å². The lowest BCUT2D eigenvalue weighted by molar-refractivity contribution is -0.114. The van der Waals surface area contributed by atoms with Crippen LogP contribution in [0.1, 0.15) is 30.4 Å². The number of hydrogen-bond donors (Lipinski definition) is 1. The number of benzene rings is 3. The van der Waals surface area contributed by atoms with Crippen LogP contribution in [0.15, 0.2) is 89.8 Å². The average Bonchev–Trinajstić information content (AvgIpc) is 3.16. The number of anilines is 2.